The second-order valence-corrected chi connectivity index (χ2v) is 8.65. The molecule has 5 rings (SSSR count). The van der Waals surface area contributed by atoms with Gasteiger partial charge in [0.05, 0.1) is 5.69 Å². The van der Waals surface area contributed by atoms with E-state index < -0.39 is 0 Å². The van der Waals surface area contributed by atoms with E-state index in [2.05, 4.69) is 42.0 Å². The number of amides is 1. The van der Waals surface area contributed by atoms with Gasteiger partial charge in [-0.25, -0.2) is 0 Å². The molecule has 0 N–H and O–H groups in total. The maximum Gasteiger partial charge on any atom is 0.274 e. The van der Waals surface area contributed by atoms with Crippen LogP contribution in [0.4, 0.5) is 0 Å². The first-order chi connectivity index (χ1) is 16.1. The summed E-state index contributed by atoms with van der Waals surface area (Å²) in [6, 6.07) is 20.5. The van der Waals surface area contributed by atoms with E-state index in [9.17, 15) is 4.79 Å². The quantitative estimate of drug-likeness (QED) is 0.419. The molecule has 1 aliphatic rings. The number of aryl methyl sites for hydroxylation is 1. The molecule has 1 unspecified atom stereocenters. The number of benzene rings is 2. The Morgan fingerprint density at radius 1 is 1.06 bits per heavy atom. The Hall–Kier alpha value is -3.38. The maximum atomic E-state index is 13.3. The van der Waals surface area contributed by atoms with Crippen LogP contribution in [0.15, 0.2) is 65.1 Å². The van der Waals surface area contributed by atoms with Gasteiger partial charge in [-0.05, 0) is 37.7 Å². The number of para-hydroxylation sites is 1. The van der Waals surface area contributed by atoms with Crippen molar-refractivity contribution in [3.05, 3.63) is 66.4 Å². The molecule has 0 spiro atoms. The van der Waals surface area contributed by atoms with Gasteiger partial charge in [-0.15, -0.1) is 0 Å². The number of hydrogen-bond donors (Lipinski definition) is 0. The van der Waals surface area contributed by atoms with Crippen molar-refractivity contribution in [3.63, 3.8) is 0 Å². The van der Waals surface area contributed by atoms with Crippen molar-refractivity contribution in [2.24, 2.45) is 7.05 Å². The molecule has 4 aromatic rings. The highest BCUT2D eigenvalue weighted by Gasteiger charge is 2.31. The number of carbonyl (C=O) groups excluding carboxylic acids is 1. The summed E-state index contributed by atoms with van der Waals surface area (Å²) in [4.78, 5) is 17.6. The molecule has 6 heteroatoms. The Kier molecular flexibility index (Phi) is 5.77. The van der Waals surface area contributed by atoms with Crippen LogP contribution in [0.2, 0.25) is 0 Å². The molecule has 170 valence electrons. The molecule has 1 saturated heterocycles. The molecule has 2 aromatic carbocycles. The van der Waals surface area contributed by atoms with E-state index in [0.717, 1.165) is 66.2 Å². The van der Waals surface area contributed by atoms with Crippen LogP contribution in [0.25, 0.3) is 33.6 Å². The van der Waals surface area contributed by atoms with E-state index in [4.69, 9.17) is 4.42 Å². The van der Waals surface area contributed by atoms with Gasteiger partial charge in [0.2, 0.25) is 0 Å². The van der Waals surface area contributed by atoms with Gasteiger partial charge in [-0.3, -0.25) is 14.4 Å². The molecule has 0 saturated carbocycles. The number of furan rings is 1. The van der Waals surface area contributed by atoms with E-state index in [1.807, 2.05) is 54.4 Å². The van der Waals surface area contributed by atoms with Gasteiger partial charge in [0, 0.05) is 42.7 Å². The number of hydrogen-bond acceptors (Lipinski definition) is 4. The summed E-state index contributed by atoms with van der Waals surface area (Å²) in [7, 11) is 1.89. The predicted molar refractivity (Wildman–Crippen MR) is 131 cm³/mol. The second-order valence-electron chi connectivity index (χ2n) is 8.65. The first kappa shape index (κ1) is 21.5. The summed E-state index contributed by atoms with van der Waals surface area (Å²) in [6.07, 6.45) is 1.02. The lowest BCUT2D eigenvalue weighted by atomic mass is 10.0. The summed E-state index contributed by atoms with van der Waals surface area (Å²) in [5, 5.41) is 5.67. The van der Waals surface area contributed by atoms with Crippen molar-refractivity contribution in [2.75, 3.05) is 26.2 Å². The number of nitrogens with zero attached hydrogens (tertiary/aromatic N) is 4. The van der Waals surface area contributed by atoms with Crippen LogP contribution >= 0.6 is 0 Å². The van der Waals surface area contributed by atoms with Crippen LogP contribution in [-0.2, 0) is 7.05 Å². The molecular formula is C27H30N4O2. The van der Waals surface area contributed by atoms with Crippen molar-refractivity contribution in [3.8, 4) is 22.6 Å². The van der Waals surface area contributed by atoms with Gasteiger partial charge < -0.3 is 9.32 Å². The lowest BCUT2D eigenvalue weighted by molar-refractivity contribution is 0.0771. The number of fused-ring (bicyclic) bond motifs is 1. The average molecular weight is 443 g/mol. The van der Waals surface area contributed by atoms with Crippen LogP contribution in [-0.4, -0.2) is 57.7 Å². The summed E-state index contributed by atoms with van der Waals surface area (Å²) in [5.74, 6) is 0.815. The second kappa shape index (κ2) is 8.87. The highest BCUT2D eigenvalue weighted by molar-refractivity contribution is 5.95. The van der Waals surface area contributed by atoms with Gasteiger partial charge in [-0.2, -0.15) is 5.10 Å². The van der Waals surface area contributed by atoms with E-state index in [0.29, 0.717) is 11.7 Å². The lowest BCUT2D eigenvalue weighted by Gasteiger charge is -2.25. The molecule has 0 radical (unpaired) electrons. The number of carbonyl (C=O) groups is 1. The predicted octanol–water partition coefficient (Wildman–Crippen LogP) is 5.06. The van der Waals surface area contributed by atoms with E-state index >= 15 is 0 Å². The summed E-state index contributed by atoms with van der Waals surface area (Å²) < 4.78 is 7.94. The molecule has 3 heterocycles. The maximum absolute atomic E-state index is 13.3. The third-order valence-electron chi connectivity index (χ3n) is 6.77. The molecular weight excluding hydrogens is 412 g/mol. The molecule has 0 aliphatic carbocycles. The minimum Gasteiger partial charge on any atom is -0.456 e. The zero-order valence-corrected chi connectivity index (χ0v) is 19.5. The smallest absolute Gasteiger partial charge is 0.274 e. The van der Waals surface area contributed by atoms with Crippen molar-refractivity contribution in [1.29, 1.82) is 0 Å². The molecule has 1 aliphatic heterocycles. The Labute approximate surface area is 194 Å². The Morgan fingerprint density at radius 2 is 1.79 bits per heavy atom. The standard InChI is InChI=1S/C27H30N4O2/c1-4-30(5-2)20-14-15-31(18-20)27(32)23-17-24(29(3)28-23)21-11-7-8-12-22(21)26-16-19-10-6-9-13-25(19)33-26/h6-13,16-17,20H,4-5,14-15,18H2,1-3H3. The van der Waals surface area contributed by atoms with Gasteiger partial charge in [0.15, 0.2) is 5.69 Å². The van der Waals surface area contributed by atoms with Gasteiger partial charge in [-0.1, -0.05) is 56.3 Å². The zero-order valence-electron chi connectivity index (χ0n) is 19.5. The van der Waals surface area contributed by atoms with Crippen molar-refractivity contribution >= 4 is 16.9 Å². The highest BCUT2D eigenvalue weighted by Crippen LogP contribution is 2.35. The van der Waals surface area contributed by atoms with Crippen LogP contribution in [0.5, 0.6) is 0 Å². The first-order valence-corrected chi connectivity index (χ1v) is 11.7. The fourth-order valence-corrected chi connectivity index (χ4v) is 4.99. The summed E-state index contributed by atoms with van der Waals surface area (Å²) in [5.41, 5.74) is 4.23. The number of rotatable bonds is 6. The molecule has 2 aromatic heterocycles. The van der Waals surface area contributed by atoms with E-state index in [1.165, 1.54) is 0 Å². The average Bonchev–Trinajstić information content (AvgIpc) is 3.58. The zero-order chi connectivity index (χ0) is 22.9. The molecule has 33 heavy (non-hydrogen) atoms. The van der Waals surface area contributed by atoms with Crippen LogP contribution in [0.1, 0.15) is 30.8 Å². The van der Waals surface area contributed by atoms with Gasteiger partial charge in [0.1, 0.15) is 11.3 Å². The Morgan fingerprint density at radius 3 is 2.55 bits per heavy atom. The van der Waals surface area contributed by atoms with Crippen molar-refractivity contribution in [1.82, 2.24) is 19.6 Å². The van der Waals surface area contributed by atoms with Crippen molar-refractivity contribution < 1.29 is 9.21 Å². The third kappa shape index (κ3) is 3.95. The molecule has 1 fully saturated rings. The van der Waals surface area contributed by atoms with Crippen LogP contribution < -0.4 is 0 Å². The topological polar surface area (TPSA) is 54.5 Å². The van der Waals surface area contributed by atoms with E-state index in [1.54, 1.807) is 4.68 Å². The summed E-state index contributed by atoms with van der Waals surface area (Å²) in [6.45, 7) is 7.92. The summed E-state index contributed by atoms with van der Waals surface area (Å²) >= 11 is 0. The molecule has 0 bridgehead atoms. The highest BCUT2D eigenvalue weighted by atomic mass is 16.3. The monoisotopic (exact) mass is 442 g/mol. The number of likely N-dealkylation sites (N-methyl/N-ethyl adjacent to an activating group) is 1. The van der Waals surface area contributed by atoms with Gasteiger partial charge >= 0.3 is 0 Å². The lowest BCUT2D eigenvalue weighted by Crippen LogP contribution is -2.38. The number of aromatic nitrogens is 2. The largest absolute Gasteiger partial charge is 0.456 e. The minimum absolute atomic E-state index is 0.00715. The Bertz CT molecular complexity index is 1250. The van der Waals surface area contributed by atoms with Crippen LogP contribution in [0, 0.1) is 0 Å². The van der Waals surface area contributed by atoms with E-state index in [-0.39, 0.29) is 5.91 Å². The molecule has 1 amide bonds. The van der Waals surface area contributed by atoms with Crippen LogP contribution in [0.3, 0.4) is 0 Å². The molecule has 1 atom stereocenters. The third-order valence-corrected chi connectivity index (χ3v) is 6.77. The van der Waals surface area contributed by atoms with Gasteiger partial charge in [0.25, 0.3) is 5.91 Å². The molecule has 6 nitrogen and oxygen atoms in total. The fourth-order valence-electron chi connectivity index (χ4n) is 4.99. The fraction of sp³-hybridized carbons (Fsp3) is 0.333. The normalized spacial score (nSPS) is 16.2. The first-order valence-electron chi connectivity index (χ1n) is 11.7. The Balaban J connectivity index is 1.45. The van der Waals surface area contributed by atoms with Crippen molar-refractivity contribution in [2.45, 2.75) is 26.3 Å². The minimum atomic E-state index is 0.00715. The SMILES string of the molecule is CCN(CC)C1CCN(C(=O)c2cc(-c3ccccc3-c3cc4ccccc4o3)n(C)n2)C1. The number of likely N-dealkylation sites (tertiary alicyclic amines) is 1.